The Bertz CT molecular complexity index is 1050. The largest absolute Gasteiger partial charge is 0.497 e. The summed E-state index contributed by atoms with van der Waals surface area (Å²) in [5.41, 5.74) is 4.04. The van der Waals surface area contributed by atoms with Crippen molar-refractivity contribution in [3.05, 3.63) is 53.2 Å². The van der Waals surface area contributed by atoms with Crippen molar-refractivity contribution >= 4 is 10.9 Å². The molecule has 1 aliphatic rings. The summed E-state index contributed by atoms with van der Waals surface area (Å²) in [5, 5.41) is 1.06. The van der Waals surface area contributed by atoms with E-state index in [4.69, 9.17) is 14.2 Å². The number of hydrogen-bond donors (Lipinski definition) is 1. The number of nitrogens with zero attached hydrogens (tertiary/aromatic N) is 1. The van der Waals surface area contributed by atoms with E-state index in [0.29, 0.717) is 43.9 Å². The molecule has 1 N–H and O–H groups in total. The van der Waals surface area contributed by atoms with Crippen LogP contribution < -0.4 is 14.2 Å². The Morgan fingerprint density at radius 2 is 1.97 bits per heavy atom. The van der Waals surface area contributed by atoms with Crippen molar-refractivity contribution in [1.82, 2.24) is 9.88 Å². The van der Waals surface area contributed by atoms with Crippen molar-refractivity contribution in [2.75, 3.05) is 27.4 Å². The number of hydrogen-bond acceptors (Lipinski definition) is 4. The zero-order chi connectivity index (χ0) is 22.0. The number of aromatic amines is 1. The van der Waals surface area contributed by atoms with E-state index >= 15 is 0 Å². The quantitative estimate of drug-likeness (QED) is 0.490. The smallest absolute Gasteiger partial charge is 0.295 e. The molecule has 1 aliphatic heterocycles. The number of halogens is 2. The number of aryl methyl sites for hydroxylation is 1. The van der Waals surface area contributed by atoms with Crippen LogP contribution in [0.5, 0.6) is 17.2 Å². The Balaban J connectivity index is 1.67. The van der Waals surface area contributed by atoms with Crippen LogP contribution in [0.1, 0.15) is 36.1 Å². The molecule has 3 aromatic rings. The molecular weight excluding hydrogens is 402 g/mol. The van der Waals surface area contributed by atoms with Crippen molar-refractivity contribution in [1.29, 1.82) is 0 Å². The van der Waals surface area contributed by atoms with Gasteiger partial charge in [0.05, 0.1) is 20.8 Å². The van der Waals surface area contributed by atoms with Crippen LogP contribution in [-0.4, -0.2) is 43.8 Å². The second-order valence-corrected chi connectivity index (χ2v) is 7.68. The average molecular weight is 430 g/mol. The van der Waals surface area contributed by atoms with Gasteiger partial charge in [-0.3, -0.25) is 0 Å². The molecule has 1 atom stereocenters. The summed E-state index contributed by atoms with van der Waals surface area (Å²) >= 11 is 0. The van der Waals surface area contributed by atoms with Gasteiger partial charge < -0.3 is 19.2 Å². The van der Waals surface area contributed by atoms with Crippen LogP contribution in [0.2, 0.25) is 0 Å². The highest BCUT2D eigenvalue weighted by Gasteiger charge is 2.33. The van der Waals surface area contributed by atoms with Crippen LogP contribution in [0.3, 0.4) is 0 Å². The maximum Gasteiger partial charge on any atom is 0.295 e. The van der Waals surface area contributed by atoms with Crippen LogP contribution in [0, 0.1) is 0 Å². The summed E-state index contributed by atoms with van der Waals surface area (Å²) in [6.07, 6.45) is 3.75. The predicted octanol–water partition coefficient (Wildman–Crippen LogP) is 5.34. The minimum absolute atomic E-state index is 0.314. The summed E-state index contributed by atoms with van der Waals surface area (Å²) in [4.78, 5) is 4.56. The fourth-order valence-corrected chi connectivity index (χ4v) is 4.49. The number of nitrogens with one attached hydrogen (secondary N) is 1. The highest BCUT2D eigenvalue weighted by Crippen LogP contribution is 2.41. The first kappa shape index (κ1) is 21.4. The molecule has 0 bridgehead atoms. The summed E-state index contributed by atoms with van der Waals surface area (Å²) in [6, 6.07) is 9.28. The number of fused-ring (bicyclic) bond motifs is 2. The zero-order valence-corrected chi connectivity index (χ0v) is 18.1. The fraction of sp³-hybridized carbons (Fsp3) is 0.417. The van der Waals surface area contributed by atoms with Gasteiger partial charge in [0.2, 0.25) is 0 Å². The number of alkyl halides is 2. The fourth-order valence-electron chi connectivity index (χ4n) is 4.49. The zero-order valence-electron chi connectivity index (χ0n) is 18.1. The first-order chi connectivity index (χ1) is 15.0. The van der Waals surface area contributed by atoms with E-state index < -0.39 is 12.6 Å². The molecule has 2 heterocycles. The second kappa shape index (κ2) is 9.14. The SMILES string of the molecule is CCOc1cc2c(cc1OC)CCN(C(F)F)[C@H]2CCc1c[nH]c2ccc(OC)cc12. The molecule has 166 valence electrons. The molecular formula is C24H28F2N2O3. The van der Waals surface area contributed by atoms with Crippen LogP contribution in [0.25, 0.3) is 10.9 Å². The van der Waals surface area contributed by atoms with Gasteiger partial charge in [0.25, 0.3) is 6.55 Å². The van der Waals surface area contributed by atoms with E-state index in [1.54, 1.807) is 14.2 Å². The third-order valence-corrected chi connectivity index (χ3v) is 6.04. The van der Waals surface area contributed by atoms with E-state index in [1.165, 1.54) is 4.90 Å². The van der Waals surface area contributed by atoms with Crippen molar-refractivity contribution in [2.45, 2.75) is 38.8 Å². The second-order valence-electron chi connectivity index (χ2n) is 7.68. The highest BCUT2D eigenvalue weighted by atomic mass is 19.3. The van der Waals surface area contributed by atoms with Gasteiger partial charge in [0, 0.05) is 29.7 Å². The van der Waals surface area contributed by atoms with E-state index in [-0.39, 0.29) is 0 Å². The lowest BCUT2D eigenvalue weighted by Gasteiger charge is -2.37. The van der Waals surface area contributed by atoms with Crippen LogP contribution in [-0.2, 0) is 12.8 Å². The van der Waals surface area contributed by atoms with Crippen molar-refractivity contribution in [2.24, 2.45) is 0 Å². The normalized spacial score (nSPS) is 16.5. The lowest BCUT2D eigenvalue weighted by atomic mass is 9.88. The van der Waals surface area contributed by atoms with Gasteiger partial charge in [0.1, 0.15) is 5.75 Å². The lowest BCUT2D eigenvalue weighted by Crippen LogP contribution is -2.39. The number of rotatable bonds is 8. The topological polar surface area (TPSA) is 46.7 Å². The molecule has 2 aromatic carbocycles. The summed E-state index contributed by atoms with van der Waals surface area (Å²) in [5.74, 6) is 2.02. The Morgan fingerprint density at radius 1 is 1.13 bits per heavy atom. The Morgan fingerprint density at radius 3 is 2.68 bits per heavy atom. The van der Waals surface area contributed by atoms with Crippen molar-refractivity contribution in [3.8, 4) is 17.2 Å². The van der Waals surface area contributed by atoms with E-state index in [1.807, 2.05) is 43.5 Å². The van der Waals surface area contributed by atoms with E-state index in [2.05, 4.69) is 4.98 Å². The molecule has 7 heteroatoms. The maximum absolute atomic E-state index is 13.9. The average Bonchev–Trinajstić information content (AvgIpc) is 3.19. The summed E-state index contributed by atoms with van der Waals surface area (Å²) < 4.78 is 44.4. The van der Waals surface area contributed by atoms with Gasteiger partial charge >= 0.3 is 0 Å². The lowest BCUT2D eigenvalue weighted by molar-refractivity contribution is -0.0607. The van der Waals surface area contributed by atoms with Gasteiger partial charge in [-0.05, 0) is 73.2 Å². The number of aromatic nitrogens is 1. The molecule has 0 saturated carbocycles. The molecule has 0 saturated heterocycles. The number of H-pyrrole nitrogens is 1. The number of benzene rings is 2. The molecule has 0 radical (unpaired) electrons. The first-order valence-electron chi connectivity index (χ1n) is 10.6. The Hall–Kier alpha value is -2.80. The Labute approximate surface area is 180 Å². The monoisotopic (exact) mass is 430 g/mol. The minimum Gasteiger partial charge on any atom is -0.497 e. The van der Waals surface area contributed by atoms with Gasteiger partial charge in [-0.25, -0.2) is 4.90 Å². The third kappa shape index (κ3) is 4.19. The van der Waals surface area contributed by atoms with Gasteiger partial charge in [-0.15, -0.1) is 0 Å². The predicted molar refractivity (Wildman–Crippen MR) is 116 cm³/mol. The molecule has 0 amide bonds. The number of methoxy groups -OCH3 is 2. The molecule has 0 spiro atoms. The highest BCUT2D eigenvalue weighted by molar-refractivity contribution is 5.84. The van der Waals surface area contributed by atoms with Gasteiger partial charge in [-0.2, -0.15) is 8.78 Å². The first-order valence-corrected chi connectivity index (χ1v) is 10.6. The van der Waals surface area contributed by atoms with E-state index in [9.17, 15) is 8.78 Å². The van der Waals surface area contributed by atoms with Gasteiger partial charge in [-0.1, -0.05) is 0 Å². The van der Waals surface area contributed by atoms with Crippen molar-refractivity contribution < 1.29 is 23.0 Å². The standard InChI is InChI=1S/C24H28F2N2O3/c1-4-31-23-13-19-15(11-22(23)30-3)9-10-28(24(25)26)21(19)8-5-16-14-27-20-7-6-17(29-2)12-18(16)20/h6-7,11-14,21,24,27H,4-5,8-10H2,1-3H3/t21-/m0/s1. The van der Waals surface area contributed by atoms with Crippen LogP contribution in [0.15, 0.2) is 36.5 Å². The molecule has 0 aliphatic carbocycles. The van der Waals surface area contributed by atoms with E-state index in [0.717, 1.165) is 33.3 Å². The molecule has 0 fully saturated rings. The third-order valence-electron chi connectivity index (χ3n) is 6.04. The summed E-state index contributed by atoms with van der Waals surface area (Å²) in [7, 11) is 3.23. The summed E-state index contributed by atoms with van der Waals surface area (Å²) in [6.45, 7) is 0.176. The van der Waals surface area contributed by atoms with Crippen molar-refractivity contribution in [3.63, 3.8) is 0 Å². The number of ether oxygens (including phenoxy) is 3. The van der Waals surface area contributed by atoms with Crippen LogP contribution in [0.4, 0.5) is 8.78 Å². The molecule has 31 heavy (non-hydrogen) atoms. The molecule has 4 rings (SSSR count). The molecule has 5 nitrogen and oxygen atoms in total. The molecule has 1 aromatic heterocycles. The van der Waals surface area contributed by atoms with Crippen LogP contribution >= 0.6 is 0 Å². The maximum atomic E-state index is 13.9. The minimum atomic E-state index is -2.51. The van der Waals surface area contributed by atoms with Gasteiger partial charge in [0.15, 0.2) is 11.5 Å². The molecule has 0 unspecified atom stereocenters. The Kier molecular flexibility index (Phi) is 6.32.